The number of aryl methyl sites for hydroxylation is 1. The molecule has 8 rings (SSSR count). The number of para-hydroxylation sites is 1. The van der Waals surface area contributed by atoms with Crippen molar-refractivity contribution in [3.05, 3.63) is 83.2 Å². The molecule has 9 heteroatoms. The Hall–Kier alpha value is -3.59. The molecule has 6 atom stereocenters. The van der Waals surface area contributed by atoms with Crippen LogP contribution in [0.3, 0.4) is 0 Å². The summed E-state index contributed by atoms with van der Waals surface area (Å²) in [5.41, 5.74) is 3.85. The van der Waals surface area contributed by atoms with Gasteiger partial charge in [-0.1, -0.05) is 62.4 Å². The third-order valence-corrected chi connectivity index (χ3v) is 14.2. The summed E-state index contributed by atoms with van der Waals surface area (Å²) in [4.78, 5) is 30.8. The normalized spacial score (nSPS) is 32.4. The van der Waals surface area contributed by atoms with Crippen molar-refractivity contribution in [1.82, 2.24) is 13.8 Å². The van der Waals surface area contributed by atoms with Crippen LogP contribution in [-0.4, -0.2) is 53.0 Å². The van der Waals surface area contributed by atoms with Crippen molar-refractivity contribution in [2.45, 2.75) is 64.1 Å². The quantitative estimate of drug-likeness (QED) is 0.373. The second kappa shape index (κ2) is 9.22. The average molecular weight is 614 g/mol. The van der Waals surface area contributed by atoms with E-state index in [1.165, 1.54) is 11.4 Å². The predicted octanol–water partition coefficient (Wildman–Crippen LogP) is 5.26. The van der Waals surface area contributed by atoms with E-state index in [0.717, 1.165) is 40.6 Å². The van der Waals surface area contributed by atoms with Crippen molar-refractivity contribution in [2.24, 2.45) is 29.7 Å². The number of nitrogens with zero attached hydrogens (tertiary/aromatic N) is 3. The van der Waals surface area contributed by atoms with Gasteiger partial charge in [-0.15, -0.1) is 0 Å². The molecule has 3 fully saturated rings. The first-order chi connectivity index (χ1) is 21.0. The second-order valence-electron chi connectivity index (χ2n) is 14.2. The smallest absolute Gasteiger partial charge is 0.315 e. The van der Waals surface area contributed by atoms with Gasteiger partial charge in [-0.25, -0.2) is 12.7 Å². The average Bonchev–Trinajstić information content (AvgIpc) is 3.61. The molecule has 2 aliphatic heterocycles. The Bertz CT molecular complexity index is 1860. The summed E-state index contributed by atoms with van der Waals surface area (Å²) < 4.78 is 36.7. The largest absolute Gasteiger partial charge is 0.468 e. The van der Waals surface area contributed by atoms with E-state index in [4.69, 9.17) is 4.74 Å². The van der Waals surface area contributed by atoms with Crippen molar-refractivity contribution in [3.63, 3.8) is 0 Å². The first kappa shape index (κ1) is 27.9. The number of amides is 1. The molecule has 1 spiro atoms. The fraction of sp³-hybridized carbons (Fsp3) is 0.486. The first-order valence-corrected chi connectivity index (χ1v) is 17.3. The summed E-state index contributed by atoms with van der Waals surface area (Å²) in [7, 11) is -0.486. The van der Waals surface area contributed by atoms with Crippen LogP contribution in [0.1, 0.15) is 68.3 Å². The molecule has 2 aromatic carbocycles. The maximum Gasteiger partial charge on any atom is 0.315 e. The fourth-order valence-electron chi connectivity index (χ4n) is 10.1. The number of benzene rings is 2. The van der Waals surface area contributed by atoms with Gasteiger partial charge < -0.3 is 14.2 Å². The molecule has 0 N–H and O–H groups in total. The minimum Gasteiger partial charge on any atom is -0.468 e. The van der Waals surface area contributed by atoms with Crippen LogP contribution >= 0.6 is 0 Å². The Kier molecular flexibility index (Phi) is 5.85. The number of carbonyl (C=O) groups excluding carboxylic acids is 2. The SMILES string of the molecule is COC(=O)[C@H]1c2c(c3ccccc3n2C)[C@H]2C[C@@H]1C(C(=O)N1[C@@H]3C[C@H]4CC[C@]3(CS1(=O)=O)C4(C)C)=CN2Cc1ccccc1. The van der Waals surface area contributed by atoms with Crippen LogP contribution in [0.15, 0.2) is 66.4 Å². The third kappa shape index (κ3) is 3.47. The van der Waals surface area contributed by atoms with Crippen LogP contribution in [0.5, 0.6) is 0 Å². The van der Waals surface area contributed by atoms with Crippen LogP contribution in [0.2, 0.25) is 0 Å². The van der Waals surface area contributed by atoms with E-state index < -0.39 is 39.2 Å². The molecule has 1 aromatic heterocycles. The lowest BCUT2D eigenvalue weighted by Gasteiger charge is -2.46. The van der Waals surface area contributed by atoms with Gasteiger partial charge >= 0.3 is 5.97 Å². The summed E-state index contributed by atoms with van der Waals surface area (Å²) in [6.07, 6.45) is 4.94. The fourth-order valence-corrected chi connectivity index (χ4v) is 12.6. The van der Waals surface area contributed by atoms with E-state index in [1.54, 1.807) is 0 Å². The second-order valence-corrected chi connectivity index (χ2v) is 16.0. The van der Waals surface area contributed by atoms with Crippen LogP contribution in [0.4, 0.5) is 0 Å². The highest BCUT2D eigenvalue weighted by atomic mass is 32.2. The van der Waals surface area contributed by atoms with E-state index in [-0.39, 0.29) is 23.3 Å². The zero-order valence-corrected chi connectivity index (χ0v) is 26.5. The topological polar surface area (TPSA) is 88.9 Å². The molecule has 8 nitrogen and oxygen atoms in total. The molecule has 5 aliphatic rings. The molecule has 230 valence electrons. The van der Waals surface area contributed by atoms with E-state index in [9.17, 15) is 18.0 Å². The highest BCUT2D eigenvalue weighted by molar-refractivity contribution is 7.90. The van der Waals surface area contributed by atoms with Crippen LogP contribution in [-0.2, 0) is 37.9 Å². The summed E-state index contributed by atoms with van der Waals surface area (Å²) >= 11 is 0. The van der Waals surface area contributed by atoms with Crippen molar-refractivity contribution in [2.75, 3.05) is 12.9 Å². The summed E-state index contributed by atoms with van der Waals surface area (Å²) in [5, 5.41) is 1.08. The van der Waals surface area contributed by atoms with Crippen molar-refractivity contribution in [1.29, 1.82) is 0 Å². The maximum atomic E-state index is 14.9. The van der Waals surface area contributed by atoms with Gasteiger partial charge in [0.1, 0.15) is 5.92 Å². The van der Waals surface area contributed by atoms with Crippen LogP contribution in [0, 0.1) is 22.7 Å². The Balaban J connectivity index is 1.30. The number of ether oxygens (including phenoxy) is 1. The monoisotopic (exact) mass is 613 g/mol. The number of fused-ring (bicyclic) bond motifs is 7. The number of carbonyl (C=O) groups is 2. The molecule has 3 aromatic rings. The number of hydrogen-bond acceptors (Lipinski definition) is 6. The standard InChI is InChI=1S/C35H39N3O5S/c1-34(2)22-14-15-35(34)20-44(41,42)38(28(35)16-22)32(39)25-19-37(18-21-10-6-5-7-11-21)27-17-24(25)30(33(40)43-4)31-29(27)23-12-8-9-13-26(23)36(31)3/h5-13,19,22,24,27-28,30H,14-18,20H2,1-4H3/t22-,24-,27-,28-,30-,35-/m1/s1. The molecule has 2 saturated carbocycles. The van der Waals surface area contributed by atoms with Gasteiger partial charge in [0.15, 0.2) is 0 Å². The zero-order chi connectivity index (χ0) is 30.8. The first-order valence-electron chi connectivity index (χ1n) is 15.7. The number of aromatic nitrogens is 1. The van der Waals surface area contributed by atoms with Crippen LogP contribution < -0.4 is 0 Å². The molecule has 0 radical (unpaired) electrons. The van der Waals surface area contributed by atoms with E-state index in [0.29, 0.717) is 30.9 Å². The summed E-state index contributed by atoms with van der Waals surface area (Å²) in [5.74, 6) is -1.70. The third-order valence-electron chi connectivity index (χ3n) is 12.3. The lowest BCUT2D eigenvalue weighted by molar-refractivity contribution is -0.144. The minimum atomic E-state index is -3.84. The predicted molar refractivity (Wildman–Crippen MR) is 167 cm³/mol. The van der Waals surface area contributed by atoms with Gasteiger partial charge in [0, 0.05) is 58.9 Å². The Morgan fingerprint density at radius 1 is 1.02 bits per heavy atom. The molecule has 0 unspecified atom stereocenters. The summed E-state index contributed by atoms with van der Waals surface area (Å²) in [6.45, 7) is 4.93. The van der Waals surface area contributed by atoms with E-state index >= 15 is 0 Å². The van der Waals surface area contributed by atoms with Crippen molar-refractivity contribution in [3.8, 4) is 0 Å². The molecule has 1 amide bonds. The van der Waals surface area contributed by atoms with Gasteiger partial charge in [-0.05, 0) is 48.6 Å². The maximum absolute atomic E-state index is 14.9. The zero-order valence-electron chi connectivity index (χ0n) is 25.7. The molecule has 3 aliphatic carbocycles. The van der Waals surface area contributed by atoms with Crippen molar-refractivity contribution < 1.29 is 22.7 Å². The minimum absolute atomic E-state index is 0.0159. The number of hydrogen-bond donors (Lipinski definition) is 0. The number of esters is 1. The van der Waals surface area contributed by atoms with Gasteiger partial charge in [0.05, 0.1) is 24.9 Å². The van der Waals surface area contributed by atoms with Gasteiger partial charge in [0.2, 0.25) is 10.0 Å². The summed E-state index contributed by atoms with van der Waals surface area (Å²) in [6, 6.07) is 17.8. The van der Waals surface area contributed by atoms with Crippen LogP contribution in [0.25, 0.3) is 10.9 Å². The van der Waals surface area contributed by atoms with E-state index in [1.807, 2.05) is 43.6 Å². The Morgan fingerprint density at radius 3 is 2.48 bits per heavy atom. The Morgan fingerprint density at radius 2 is 1.75 bits per heavy atom. The van der Waals surface area contributed by atoms with Crippen molar-refractivity contribution >= 4 is 32.8 Å². The molecule has 1 saturated heterocycles. The Labute approximate surface area is 258 Å². The molecular formula is C35H39N3O5S. The highest BCUT2D eigenvalue weighted by Gasteiger charge is 2.72. The molecular weight excluding hydrogens is 574 g/mol. The number of rotatable bonds is 4. The highest BCUT2D eigenvalue weighted by Crippen LogP contribution is 2.70. The molecule has 4 bridgehead atoms. The number of sulfonamides is 1. The molecule has 44 heavy (non-hydrogen) atoms. The van der Waals surface area contributed by atoms with Gasteiger partial charge in [0.25, 0.3) is 5.91 Å². The molecule has 3 heterocycles. The van der Waals surface area contributed by atoms with Gasteiger partial charge in [-0.2, -0.15) is 0 Å². The van der Waals surface area contributed by atoms with Gasteiger partial charge in [-0.3, -0.25) is 9.59 Å². The lowest BCUT2D eigenvalue weighted by atomic mass is 9.68. The van der Waals surface area contributed by atoms with E-state index in [2.05, 4.69) is 47.6 Å². The number of methoxy groups -OCH3 is 1. The lowest BCUT2D eigenvalue weighted by Crippen LogP contribution is -2.48.